The highest BCUT2D eigenvalue weighted by Gasteiger charge is 2.33. The van der Waals surface area contributed by atoms with Crippen LogP contribution in [0.1, 0.15) is 29.8 Å². The van der Waals surface area contributed by atoms with Gasteiger partial charge in [0, 0.05) is 22.4 Å². The average molecular weight is 511 g/mol. The molecule has 3 heterocycles. The molecular weight excluding hydrogens is 488 g/mol. The second-order valence-corrected chi connectivity index (χ2v) is 9.88. The number of hydrogen-bond acceptors (Lipinski definition) is 6. The van der Waals surface area contributed by atoms with Crippen LogP contribution in [0.5, 0.6) is 5.75 Å². The second-order valence-electron chi connectivity index (χ2n) is 8.49. The molecule has 0 unspecified atom stereocenters. The molecular formula is C29H23ClN4OS. The summed E-state index contributed by atoms with van der Waals surface area (Å²) in [5.74, 6) is 1.39. The van der Waals surface area contributed by atoms with Gasteiger partial charge in [0.2, 0.25) is 5.95 Å². The van der Waals surface area contributed by atoms with Crippen molar-refractivity contribution in [2.24, 2.45) is 5.10 Å². The molecule has 7 heteroatoms. The lowest BCUT2D eigenvalue weighted by Gasteiger charge is -2.23. The molecule has 0 fully saturated rings. The maximum absolute atomic E-state index is 6.38. The number of hydrogen-bond donors (Lipinski definition) is 0. The molecule has 0 aliphatic carbocycles. The Kier molecular flexibility index (Phi) is 6.13. The summed E-state index contributed by atoms with van der Waals surface area (Å²) >= 11 is 8.07. The number of ether oxygens (including phenoxy) is 1. The Bertz CT molecular complexity index is 1550. The molecule has 0 amide bonds. The van der Waals surface area contributed by atoms with Crippen LogP contribution in [0.3, 0.4) is 0 Å². The molecule has 0 saturated heterocycles. The summed E-state index contributed by atoms with van der Waals surface area (Å²) in [6.45, 7) is 2.61. The van der Waals surface area contributed by atoms with Gasteiger partial charge >= 0.3 is 0 Å². The fraction of sp³-hybridized carbons (Fsp3) is 0.138. The lowest BCUT2D eigenvalue weighted by Crippen LogP contribution is -2.21. The van der Waals surface area contributed by atoms with Gasteiger partial charge in [-0.15, -0.1) is 11.3 Å². The van der Waals surface area contributed by atoms with Crippen LogP contribution in [0, 0.1) is 0 Å². The SMILES string of the molecule is CCOc1cccc([C@@H]2CC(c3cccs3)=NN2c2nc(-c3ccccc3)c3ccc(Cl)cc3n2)c1. The van der Waals surface area contributed by atoms with E-state index in [-0.39, 0.29) is 6.04 Å². The maximum Gasteiger partial charge on any atom is 0.247 e. The van der Waals surface area contributed by atoms with E-state index in [1.807, 2.05) is 60.5 Å². The molecule has 3 aromatic carbocycles. The van der Waals surface area contributed by atoms with E-state index in [1.165, 1.54) is 0 Å². The standard InChI is InChI=1S/C29H23ClN4OS/c1-2-35-22-11-6-10-20(16-22)26-18-25(27-12-7-15-36-27)33-34(26)29-31-24-17-21(30)13-14-23(24)28(32-29)19-8-4-3-5-9-19/h3-17,26H,2,18H2,1H3/t26-/m0/s1. The van der Waals surface area contributed by atoms with Gasteiger partial charge in [0.1, 0.15) is 5.75 Å². The van der Waals surface area contributed by atoms with Gasteiger partial charge in [0.15, 0.2) is 0 Å². The maximum atomic E-state index is 6.38. The first-order valence-electron chi connectivity index (χ1n) is 11.9. The number of aromatic nitrogens is 2. The average Bonchev–Trinajstić information content (AvgIpc) is 3.59. The van der Waals surface area contributed by atoms with Crippen LogP contribution in [0.25, 0.3) is 22.2 Å². The minimum absolute atomic E-state index is 0.0669. The van der Waals surface area contributed by atoms with Crippen molar-refractivity contribution in [2.45, 2.75) is 19.4 Å². The van der Waals surface area contributed by atoms with Gasteiger partial charge < -0.3 is 4.74 Å². The van der Waals surface area contributed by atoms with Crippen LogP contribution in [0.15, 0.2) is 95.4 Å². The molecule has 0 spiro atoms. The first kappa shape index (κ1) is 22.7. The highest BCUT2D eigenvalue weighted by atomic mass is 35.5. The molecule has 1 atom stereocenters. The Labute approximate surface area is 218 Å². The Balaban J connectivity index is 1.53. The van der Waals surface area contributed by atoms with E-state index < -0.39 is 0 Å². The minimum atomic E-state index is -0.0669. The number of nitrogens with zero attached hydrogens (tertiary/aromatic N) is 4. The van der Waals surface area contributed by atoms with Gasteiger partial charge in [0.05, 0.1) is 34.4 Å². The molecule has 178 valence electrons. The Morgan fingerprint density at radius 3 is 2.67 bits per heavy atom. The third-order valence-corrected chi connectivity index (χ3v) is 7.32. The summed E-state index contributed by atoms with van der Waals surface area (Å²) in [6, 6.07) is 28.2. The minimum Gasteiger partial charge on any atom is -0.494 e. The Morgan fingerprint density at radius 1 is 0.972 bits per heavy atom. The molecule has 1 aliphatic heterocycles. The van der Waals surface area contributed by atoms with Gasteiger partial charge in [-0.25, -0.2) is 15.0 Å². The number of rotatable bonds is 6. The number of hydrazone groups is 1. The van der Waals surface area contributed by atoms with Crippen molar-refractivity contribution < 1.29 is 4.74 Å². The molecule has 5 nitrogen and oxygen atoms in total. The largest absolute Gasteiger partial charge is 0.494 e. The number of fused-ring (bicyclic) bond motifs is 1. The van der Waals surface area contributed by atoms with Crippen molar-refractivity contribution in [2.75, 3.05) is 11.6 Å². The molecule has 1 aliphatic rings. The molecule has 0 saturated carbocycles. The quantitative estimate of drug-likeness (QED) is 0.234. The van der Waals surface area contributed by atoms with Crippen molar-refractivity contribution in [1.82, 2.24) is 9.97 Å². The van der Waals surface area contributed by atoms with Crippen LogP contribution in [-0.4, -0.2) is 22.3 Å². The monoisotopic (exact) mass is 510 g/mol. The zero-order chi connectivity index (χ0) is 24.5. The summed E-state index contributed by atoms with van der Waals surface area (Å²) in [6.07, 6.45) is 0.744. The van der Waals surface area contributed by atoms with E-state index in [2.05, 4.69) is 41.8 Å². The normalized spacial score (nSPS) is 15.3. The molecule has 0 bridgehead atoms. The predicted molar refractivity (Wildman–Crippen MR) is 148 cm³/mol. The third kappa shape index (κ3) is 4.34. The second kappa shape index (κ2) is 9.72. The van der Waals surface area contributed by atoms with E-state index in [4.69, 9.17) is 31.4 Å². The van der Waals surface area contributed by atoms with Crippen molar-refractivity contribution in [3.05, 3.63) is 106 Å². The smallest absolute Gasteiger partial charge is 0.247 e. The zero-order valence-electron chi connectivity index (χ0n) is 19.6. The van der Waals surface area contributed by atoms with Gasteiger partial charge in [0.25, 0.3) is 0 Å². The highest BCUT2D eigenvalue weighted by Crippen LogP contribution is 2.39. The predicted octanol–water partition coefficient (Wildman–Crippen LogP) is 7.77. The number of anilines is 1. The van der Waals surface area contributed by atoms with Gasteiger partial charge in [-0.1, -0.05) is 60.1 Å². The lowest BCUT2D eigenvalue weighted by molar-refractivity contribution is 0.339. The summed E-state index contributed by atoms with van der Waals surface area (Å²) in [4.78, 5) is 11.2. The first-order valence-corrected chi connectivity index (χ1v) is 13.1. The molecule has 6 rings (SSSR count). The molecule has 2 aromatic heterocycles. The van der Waals surface area contributed by atoms with E-state index in [9.17, 15) is 0 Å². The van der Waals surface area contributed by atoms with E-state index >= 15 is 0 Å². The van der Waals surface area contributed by atoms with Crippen LogP contribution in [0.2, 0.25) is 5.02 Å². The van der Waals surface area contributed by atoms with Crippen LogP contribution in [-0.2, 0) is 0 Å². The van der Waals surface area contributed by atoms with E-state index in [0.29, 0.717) is 17.6 Å². The van der Waals surface area contributed by atoms with Crippen LogP contribution < -0.4 is 9.75 Å². The Hall–Kier alpha value is -3.74. The van der Waals surface area contributed by atoms with E-state index in [1.54, 1.807) is 11.3 Å². The molecule has 5 aromatic rings. The van der Waals surface area contributed by atoms with E-state index in [0.717, 1.165) is 50.5 Å². The molecule has 0 N–H and O–H groups in total. The van der Waals surface area contributed by atoms with Crippen molar-refractivity contribution in [1.29, 1.82) is 0 Å². The van der Waals surface area contributed by atoms with Crippen LogP contribution in [0.4, 0.5) is 5.95 Å². The van der Waals surface area contributed by atoms with Crippen LogP contribution >= 0.6 is 22.9 Å². The zero-order valence-corrected chi connectivity index (χ0v) is 21.2. The van der Waals surface area contributed by atoms with Gasteiger partial charge in [-0.2, -0.15) is 5.10 Å². The Morgan fingerprint density at radius 2 is 1.86 bits per heavy atom. The summed E-state index contributed by atoms with van der Waals surface area (Å²) in [5.41, 5.74) is 4.78. The summed E-state index contributed by atoms with van der Waals surface area (Å²) < 4.78 is 5.79. The van der Waals surface area contributed by atoms with Gasteiger partial charge in [-0.05, 0) is 54.3 Å². The fourth-order valence-electron chi connectivity index (χ4n) is 4.53. The lowest BCUT2D eigenvalue weighted by atomic mass is 10.0. The topological polar surface area (TPSA) is 50.6 Å². The molecule has 0 radical (unpaired) electrons. The van der Waals surface area contributed by atoms with Crippen molar-refractivity contribution in [3.8, 4) is 17.0 Å². The fourth-order valence-corrected chi connectivity index (χ4v) is 5.42. The van der Waals surface area contributed by atoms with Crippen molar-refractivity contribution >= 4 is 45.5 Å². The number of thiophene rings is 1. The third-order valence-electron chi connectivity index (χ3n) is 6.17. The number of benzene rings is 3. The van der Waals surface area contributed by atoms with Crippen molar-refractivity contribution in [3.63, 3.8) is 0 Å². The number of halogens is 1. The van der Waals surface area contributed by atoms with Gasteiger partial charge in [-0.3, -0.25) is 0 Å². The first-order chi connectivity index (χ1) is 17.7. The highest BCUT2D eigenvalue weighted by molar-refractivity contribution is 7.12. The summed E-state index contributed by atoms with van der Waals surface area (Å²) in [5, 5.41) is 10.7. The summed E-state index contributed by atoms with van der Waals surface area (Å²) in [7, 11) is 0. The molecule has 36 heavy (non-hydrogen) atoms.